The standard InChI is InChI=1S/C11H24BrClO2Si/c1-4-9-16(14-5-2,15-11(3)13)10-7-6-8-12/h11H,4-10H2,1-3H3. The minimum absolute atomic E-state index is 0.242. The van der Waals surface area contributed by atoms with Gasteiger partial charge < -0.3 is 8.85 Å². The molecule has 0 amide bonds. The SMILES string of the molecule is CCC[Si](CCCCBr)(OCC)OC(C)Cl. The Bertz CT molecular complexity index is 164. The van der Waals surface area contributed by atoms with Crippen molar-refractivity contribution in [2.45, 2.75) is 57.7 Å². The summed E-state index contributed by atoms with van der Waals surface area (Å²) >= 11 is 9.42. The zero-order chi connectivity index (χ0) is 12.4. The maximum Gasteiger partial charge on any atom is 0.339 e. The molecule has 0 heterocycles. The summed E-state index contributed by atoms with van der Waals surface area (Å²) in [6.07, 6.45) is 3.43. The lowest BCUT2D eigenvalue weighted by Gasteiger charge is -2.31. The van der Waals surface area contributed by atoms with E-state index in [1.807, 2.05) is 13.8 Å². The van der Waals surface area contributed by atoms with Crippen LogP contribution in [0.1, 0.15) is 40.0 Å². The highest BCUT2D eigenvalue weighted by atomic mass is 79.9. The first-order valence-corrected chi connectivity index (χ1v) is 9.91. The first kappa shape index (κ1) is 16.9. The molecule has 0 saturated heterocycles. The molecule has 0 aliphatic rings. The molecule has 5 heteroatoms. The van der Waals surface area contributed by atoms with E-state index in [1.54, 1.807) is 0 Å². The lowest BCUT2D eigenvalue weighted by molar-refractivity contribution is 0.164. The molecular weight excluding hydrogens is 308 g/mol. The Morgan fingerprint density at radius 2 is 1.94 bits per heavy atom. The summed E-state index contributed by atoms with van der Waals surface area (Å²) in [5.74, 6) is 0. The van der Waals surface area contributed by atoms with Crippen molar-refractivity contribution in [3.05, 3.63) is 0 Å². The van der Waals surface area contributed by atoms with Crippen LogP contribution in [0.4, 0.5) is 0 Å². The maximum atomic E-state index is 5.97. The summed E-state index contributed by atoms with van der Waals surface area (Å²) in [6, 6.07) is 2.09. The van der Waals surface area contributed by atoms with Gasteiger partial charge in [0.05, 0.1) is 0 Å². The molecule has 0 bridgehead atoms. The summed E-state index contributed by atoms with van der Waals surface area (Å²) in [5, 5.41) is 1.05. The summed E-state index contributed by atoms with van der Waals surface area (Å²) in [6.45, 7) is 6.81. The van der Waals surface area contributed by atoms with Crippen molar-refractivity contribution in [1.29, 1.82) is 0 Å². The Kier molecular flexibility index (Phi) is 10.4. The molecule has 0 aromatic carbocycles. The molecule has 2 atom stereocenters. The second kappa shape index (κ2) is 9.89. The van der Waals surface area contributed by atoms with E-state index in [0.29, 0.717) is 0 Å². The number of unbranched alkanes of at least 4 members (excludes halogenated alkanes) is 1. The van der Waals surface area contributed by atoms with E-state index < -0.39 is 8.56 Å². The average Bonchev–Trinajstić information content (AvgIpc) is 2.17. The van der Waals surface area contributed by atoms with E-state index in [0.717, 1.165) is 36.9 Å². The average molecular weight is 332 g/mol. The van der Waals surface area contributed by atoms with Gasteiger partial charge in [-0.25, -0.2) is 0 Å². The third-order valence-electron chi connectivity index (χ3n) is 2.36. The summed E-state index contributed by atoms with van der Waals surface area (Å²) in [7, 11) is -2.05. The van der Waals surface area contributed by atoms with E-state index in [4.69, 9.17) is 20.5 Å². The highest BCUT2D eigenvalue weighted by Crippen LogP contribution is 2.26. The molecular formula is C11H24BrClO2Si. The summed E-state index contributed by atoms with van der Waals surface area (Å²) < 4.78 is 11.9. The van der Waals surface area contributed by atoms with Crippen LogP contribution >= 0.6 is 27.5 Å². The van der Waals surface area contributed by atoms with Gasteiger partial charge in [-0.1, -0.05) is 47.3 Å². The van der Waals surface area contributed by atoms with Crippen LogP contribution in [0.2, 0.25) is 12.1 Å². The van der Waals surface area contributed by atoms with Crippen molar-refractivity contribution >= 4 is 36.1 Å². The van der Waals surface area contributed by atoms with Crippen LogP contribution in [0.25, 0.3) is 0 Å². The third-order valence-corrected chi connectivity index (χ3v) is 7.13. The normalized spacial score (nSPS) is 17.1. The summed E-state index contributed by atoms with van der Waals surface area (Å²) in [4.78, 5) is 0. The smallest absolute Gasteiger partial charge is 0.339 e. The molecule has 2 nitrogen and oxygen atoms in total. The fourth-order valence-electron chi connectivity index (χ4n) is 1.85. The van der Waals surface area contributed by atoms with Gasteiger partial charge in [-0.05, 0) is 32.4 Å². The van der Waals surface area contributed by atoms with E-state index >= 15 is 0 Å². The van der Waals surface area contributed by atoms with Gasteiger partial charge in [-0.3, -0.25) is 0 Å². The fraction of sp³-hybridized carbons (Fsp3) is 1.00. The van der Waals surface area contributed by atoms with Crippen molar-refractivity contribution in [3.8, 4) is 0 Å². The zero-order valence-corrected chi connectivity index (χ0v) is 13.9. The van der Waals surface area contributed by atoms with Gasteiger partial charge in [-0.15, -0.1) is 0 Å². The Morgan fingerprint density at radius 1 is 1.25 bits per heavy atom. The summed E-state index contributed by atoms with van der Waals surface area (Å²) in [5.41, 5.74) is -0.242. The lowest BCUT2D eigenvalue weighted by atomic mass is 10.4. The molecule has 0 aromatic heterocycles. The minimum atomic E-state index is -2.05. The van der Waals surface area contributed by atoms with Crippen molar-refractivity contribution < 1.29 is 8.85 Å². The molecule has 0 rings (SSSR count). The van der Waals surface area contributed by atoms with Crippen LogP contribution in [0.15, 0.2) is 0 Å². The first-order valence-electron chi connectivity index (χ1n) is 6.12. The van der Waals surface area contributed by atoms with Crippen LogP contribution in [0, 0.1) is 0 Å². The topological polar surface area (TPSA) is 18.5 Å². The van der Waals surface area contributed by atoms with Crippen LogP contribution in [-0.2, 0) is 8.85 Å². The van der Waals surface area contributed by atoms with Crippen LogP contribution in [0.3, 0.4) is 0 Å². The van der Waals surface area contributed by atoms with Crippen LogP contribution < -0.4 is 0 Å². The van der Waals surface area contributed by atoms with Crippen molar-refractivity contribution in [1.82, 2.24) is 0 Å². The van der Waals surface area contributed by atoms with E-state index in [1.165, 1.54) is 6.42 Å². The first-order chi connectivity index (χ1) is 7.60. The zero-order valence-electron chi connectivity index (χ0n) is 10.6. The number of rotatable bonds is 10. The monoisotopic (exact) mass is 330 g/mol. The molecule has 16 heavy (non-hydrogen) atoms. The number of halogens is 2. The predicted octanol–water partition coefficient (Wildman–Crippen LogP) is 4.65. The van der Waals surface area contributed by atoms with Gasteiger partial charge in [0.2, 0.25) is 0 Å². The molecule has 0 saturated carbocycles. The molecule has 0 aliphatic heterocycles. The van der Waals surface area contributed by atoms with Crippen LogP contribution in [-0.4, -0.2) is 26.1 Å². The third kappa shape index (κ3) is 7.28. The van der Waals surface area contributed by atoms with E-state index in [-0.39, 0.29) is 5.56 Å². The number of hydrogen-bond donors (Lipinski definition) is 0. The molecule has 0 aromatic rings. The Labute approximate surface area is 114 Å². The number of alkyl halides is 2. The van der Waals surface area contributed by atoms with Crippen molar-refractivity contribution in [3.63, 3.8) is 0 Å². The largest absolute Gasteiger partial charge is 0.394 e. The van der Waals surface area contributed by atoms with Gasteiger partial charge in [-0.2, -0.15) is 0 Å². The van der Waals surface area contributed by atoms with E-state index in [2.05, 4.69) is 22.9 Å². The Hall–Kier alpha value is 0.907. The maximum absolute atomic E-state index is 5.97. The molecule has 2 unspecified atom stereocenters. The second-order valence-corrected chi connectivity index (χ2v) is 8.65. The lowest BCUT2D eigenvalue weighted by Crippen LogP contribution is -2.43. The Morgan fingerprint density at radius 3 is 2.38 bits per heavy atom. The van der Waals surface area contributed by atoms with Crippen molar-refractivity contribution in [2.24, 2.45) is 0 Å². The highest BCUT2D eigenvalue weighted by Gasteiger charge is 2.37. The fourth-order valence-corrected chi connectivity index (χ4v) is 6.24. The van der Waals surface area contributed by atoms with Gasteiger partial charge in [0.15, 0.2) is 0 Å². The Balaban J connectivity index is 4.37. The molecule has 0 fully saturated rings. The van der Waals surface area contributed by atoms with Crippen LogP contribution in [0.5, 0.6) is 0 Å². The highest BCUT2D eigenvalue weighted by molar-refractivity contribution is 9.09. The predicted molar refractivity (Wildman–Crippen MR) is 76.7 cm³/mol. The molecule has 0 radical (unpaired) electrons. The van der Waals surface area contributed by atoms with Gasteiger partial charge in [0.25, 0.3) is 0 Å². The van der Waals surface area contributed by atoms with Gasteiger partial charge in [0.1, 0.15) is 5.56 Å². The van der Waals surface area contributed by atoms with Crippen molar-refractivity contribution in [2.75, 3.05) is 11.9 Å². The minimum Gasteiger partial charge on any atom is -0.394 e. The molecule has 0 aliphatic carbocycles. The molecule has 0 N–H and O–H groups in total. The van der Waals surface area contributed by atoms with Gasteiger partial charge >= 0.3 is 8.56 Å². The van der Waals surface area contributed by atoms with Gasteiger partial charge in [0, 0.05) is 11.9 Å². The molecule has 0 spiro atoms. The molecule has 98 valence electrons. The quantitative estimate of drug-likeness (QED) is 0.329. The second-order valence-electron chi connectivity index (χ2n) is 3.90. The van der Waals surface area contributed by atoms with E-state index in [9.17, 15) is 0 Å². The number of hydrogen-bond acceptors (Lipinski definition) is 2.